The Morgan fingerprint density at radius 1 is 1.26 bits per heavy atom. The zero-order valence-corrected chi connectivity index (χ0v) is 14.1. The summed E-state index contributed by atoms with van der Waals surface area (Å²) in [6, 6.07) is 5.89. The molecule has 0 heterocycles. The second-order valence-corrected chi connectivity index (χ2v) is 6.11. The molecule has 1 fully saturated rings. The van der Waals surface area contributed by atoms with Crippen LogP contribution >= 0.6 is 0 Å². The molecule has 0 bridgehead atoms. The Morgan fingerprint density at radius 3 is 2.65 bits per heavy atom. The second-order valence-electron chi connectivity index (χ2n) is 6.11. The van der Waals surface area contributed by atoms with Crippen molar-refractivity contribution in [3.63, 3.8) is 0 Å². The fourth-order valence-corrected chi connectivity index (χ4v) is 2.69. The second kappa shape index (κ2) is 7.99. The van der Waals surface area contributed by atoms with Crippen molar-refractivity contribution < 1.29 is 19.1 Å². The molecule has 5 nitrogen and oxygen atoms in total. The van der Waals surface area contributed by atoms with Gasteiger partial charge in [-0.1, -0.05) is 25.0 Å². The van der Waals surface area contributed by atoms with Gasteiger partial charge in [0.15, 0.2) is 12.7 Å². The highest BCUT2D eigenvalue weighted by molar-refractivity contribution is 5.83. The van der Waals surface area contributed by atoms with Crippen LogP contribution in [0.5, 0.6) is 5.75 Å². The third kappa shape index (κ3) is 4.98. The summed E-state index contributed by atoms with van der Waals surface area (Å²) in [6.45, 7) is 5.30. The van der Waals surface area contributed by atoms with Gasteiger partial charge in [0.1, 0.15) is 5.75 Å². The van der Waals surface area contributed by atoms with Crippen molar-refractivity contribution in [2.45, 2.75) is 58.6 Å². The summed E-state index contributed by atoms with van der Waals surface area (Å²) in [5.41, 5.74) is 2.09. The van der Waals surface area contributed by atoms with E-state index in [9.17, 15) is 9.59 Å². The number of benzene rings is 1. The Hall–Kier alpha value is -2.04. The van der Waals surface area contributed by atoms with E-state index in [-0.39, 0.29) is 18.6 Å². The third-order valence-electron chi connectivity index (χ3n) is 4.28. The summed E-state index contributed by atoms with van der Waals surface area (Å²) in [4.78, 5) is 23.8. The summed E-state index contributed by atoms with van der Waals surface area (Å²) in [7, 11) is 0. The number of hydrogen-bond acceptors (Lipinski definition) is 4. The lowest BCUT2D eigenvalue weighted by atomic mass is 10.1. The summed E-state index contributed by atoms with van der Waals surface area (Å²) in [5, 5.41) is 2.92. The van der Waals surface area contributed by atoms with Crippen LogP contribution in [-0.2, 0) is 14.3 Å². The van der Waals surface area contributed by atoms with E-state index in [1.165, 1.54) is 0 Å². The number of aryl methyl sites for hydroxylation is 1. The lowest BCUT2D eigenvalue weighted by molar-refractivity contribution is -0.156. The average Bonchev–Trinajstić information content (AvgIpc) is 3.01. The van der Waals surface area contributed by atoms with Crippen LogP contribution < -0.4 is 10.1 Å². The van der Waals surface area contributed by atoms with Gasteiger partial charge in [0, 0.05) is 6.04 Å². The van der Waals surface area contributed by atoms with E-state index in [1.54, 1.807) is 6.92 Å². The summed E-state index contributed by atoms with van der Waals surface area (Å²) in [6.07, 6.45) is 3.49. The van der Waals surface area contributed by atoms with E-state index in [1.807, 2.05) is 32.0 Å². The third-order valence-corrected chi connectivity index (χ3v) is 4.28. The molecule has 0 saturated heterocycles. The first-order valence-electron chi connectivity index (χ1n) is 8.16. The van der Waals surface area contributed by atoms with Gasteiger partial charge in [-0.3, -0.25) is 4.79 Å². The Labute approximate surface area is 137 Å². The topological polar surface area (TPSA) is 64.6 Å². The molecule has 1 N–H and O–H groups in total. The van der Waals surface area contributed by atoms with E-state index in [0.717, 1.165) is 36.8 Å². The number of amides is 1. The SMILES string of the molecule is Cc1cccc(OCC(=O)O[C@H](C)C(=O)NC2CCCC2)c1C. The zero-order chi connectivity index (χ0) is 16.8. The Bertz CT molecular complexity index is 564. The van der Waals surface area contributed by atoms with Crippen LogP contribution in [0.15, 0.2) is 18.2 Å². The lowest BCUT2D eigenvalue weighted by Gasteiger charge is -2.17. The maximum atomic E-state index is 12.0. The number of nitrogens with one attached hydrogen (secondary N) is 1. The monoisotopic (exact) mass is 319 g/mol. The van der Waals surface area contributed by atoms with E-state index >= 15 is 0 Å². The van der Waals surface area contributed by atoms with Crippen LogP contribution in [0.4, 0.5) is 0 Å². The quantitative estimate of drug-likeness (QED) is 0.819. The highest BCUT2D eigenvalue weighted by atomic mass is 16.6. The Balaban J connectivity index is 1.77. The maximum Gasteiger partial charge on any atom is 0.344 e. The Kier molecular flexibility index (Phi) is 6.02. The first-order valence-corrected chi connectivity index (χ1v) is 8.16. The molecule has 1 aromatic rings. The molecule has 1 aliphatic rings. The predicted octanol–water partition coefficient (Wildman–Crippen LogP) is 2.67. The van der Waals surface area contributed by atoms with Crippen LogP contribution in [0.2, 0.25) is 0 Å². The van der Waals surface area contributed by atoms with Crippen LogP contribution in [0.25, 0.3) is 0 Å². The van der Waals surface area contributed by atoms with Gasteiger partial charge >= 0.3 is 5.97 Å². The molecule has 1 aliphatic carbocycles. The fraction of sp³-hybridized carbons (Fsp3) is 0.556. The molecule has 5 heteroatoms. The van der Waals surface area contributed by atoms with Gasteiger partial charge in [-0.25, -0.2) is 4.79 Å². The van der Waals surface area contributed by atoms with Gasteiger partial charge in [0.25, 0.3) is 5.91 Å². The molecule has 0 aromatic heterocycles. The minimum atomic E-state index is -0.801. The van der Waals surface area contributed by atoms with Gasteiger partial charge in [-0.2, -0.15) is 0 Å². The number of hydrogen-bond donors (Lipinski definition) is 1. The largest absolute Gasteiger partial charge is 0.482 e. The van der Waals surface area contributed by atoms with E-state index in [2.05, 4.69) is 5.32 Å². The summed E-state index contributed by atoms with van der Waals surface area (Å²) < 4.78 is 10.6. The van der Waals surface area contributed by atoms with Crippen molar-refractivity contribution in [2.24, 2.45) is 0 Å². The normalized spacial score (nSPS) is 16.0. The number of carbonyl (C=O) groups excluding carboxylic acids is 2. The molecule has 2 rings (SSSR count). The minimum absolute atomic E-state index is 0.203. The maximum absolute atomic E-state index is 12.0. The average molecular weight is 319 g/mol. The number of ether oxygens (including phenoxy) is 2. The van der Waals surface area contributed by atoms with Crippen LogP contribution in [-0.4, -0.2) is 30.6 Å². The molecule has 0 radical (unpaired) electrons. The van der Waals surface area contributed by atoms with Gasteiger partial charge in [-0.15, -0.1) is 0 Å². The van der Waals surface area contributed by atoms with Gasteiger partial charge < -0.3 is 14.8 Å². The standard InChI is InChI=1S/C18H25NO4/c1-12-7-6-10-16(13(12)2)22-11-17(20)23-14(3)18(21)19-15-8-4-5-9-15/h6-7,10,14-15H,4-5,8-9,11H2,1-3H3,(H,19,21)/t14-/m1/s1. The highest BCUT2D eigenvalue weighted by Crippen LogP contribution is 2.20. The van der Waals surface area contributed by atoms with Crippen molar-refractivity contribution in [1.29, 1.82) is 0 Å². The van der Waals surface area contributed by atoms with Crippen molar-refractivity contribution in [3.05, 3.63) is 29.3 Å². The molecule has 0 spiro atoms. The van der Waals surface area contributed by atoms with Crippen LogP contribution in [0.1, 0.15) is 43.7 Å². The zero-order valence-electron chi connectivity index (χ0n) is 14.1. The minimum Gasteiger partial charge on any atom is -0.482 e. The smallest absolute Gasteiger partial charge is 0.344 e. The molecule has 0 aliphatic heterocycles. The van der Waals surface area contributed by atoms with Crippen LogP contribution in [0.3, 0.4) is 0 Å². The number of esters is 1. The highest BCUT2D eigenvalue weighted by Gasteiger charge is 2.23. The number of rotatable bonds is 6. The fourth-order valence-electron chi connectivity index (χ4n) is 2.69. The van der Waals surface area contributed by atoms with E-state index < -0.39 is 12.1 Å². The molecule has 0 unspecified atom stereocenters. The molecular formula is C18H25NO4. The van der Waals surface area contributed by atoms with Gasteiger partial charge in [0.2, 0.25) is 0 Å². The van der Waals surface area contributed by atoms with Gasteiger partial charge in [0.05, 0.1) is 0 Å². The molecule has 1 amide bonds. The predicted molar refractivity (Wildman–Crippen MR) is 87.4 cm³/mol. The number of carbonyl (C=O) groups is 2. The molecule has 1 atom stereocenters. The van der Waals surface area contributed by atoms with E-state index in [4.69, 9.17) is 9.47 Å². The lowest BCUT2D eigenvalue weighted by Crippen LogP contribution is -2.41. The molecule has 126 valence electrons. The molecular weight excluding hydrogens is 294 g/mol. The summed E-state index contributed by atoms with van der Waals surface area (Å²) in [5.74, 6) is -0.123. The van der Waals surface area contributed by atoms with Crippen molar-refractivity contribution in [1.82, 2.24) is 5.32 Å². The molecule has 23 heavy (non-hydrogen) atoms. The van der Waals surface area contributed by atoms with Crippen LogP contribution in [0, 0.1) is 13.8 Å². The molecule has 1 aromatic carbocycles. The van der Waals surface area contributed by atoms with Gasteiger partial charge in [-0.05, 0) is 50.8 Å². The summed E-state index contributed by atoms with van der Waals surface area (Å²) >= 11 is 0. The Morgan fingerprint density at radius 2 is 1.96 bits per heavy atom. The van der Waals surface area contributed by atoms with E-state index in [0.29, 0.717) is 5.75 Å². The first-order chi connectivity index (χ1) is 11.0. The molecule has 1 saturated carbocycles. The first kappa shape index (κ1) is 17.3. The van der Waals surface area contributed by atoms with Crippen molar-refractivity contribution >= 4 is 11.9 Å². The van der Waals surface area contributed by atoms with Crippen molar-refractivity contribution in [3.8, 4) is 5.75 Å². The van der Waals surface area contributed by atoms with Crippen molar-refractivity contribution in [2.75, 3.05) is 6.61 Å².